The lowest BCUT2D eigenvalue weighted by Crippen LogP contribution is -2.22. The average molecular weight is 294 g/mol. The van der Waals surface area contributed by atoms with Crippen LogP contribution >= 0.6 is 0 Å². The molecule has 0 atom stereocenters. The number of allylic oxidation sites excluding steroid dienone is 1. The van der Waals surface area contributed by atoms with E-state index >= 15 is 0 Å². The Morgan fingerprint density at radius 3 is 2.40 bits per heavy atom. The van der Waals surface area contributed by atoms with E-state index < -0.39 is 26.5 Å². The van der Waals surface area contributed by atoms with Crippen molar-refractivity contribution in [3.8, 4) is 0 Å². The number of aryl methyl sites for hydroxylation is 1. The van der Waals surface area contributed by atoms with Crippen molar-refractivity contribution < 1.29 is 22.7 Å². The Morgan fingerprint density at radius 2 is 1.85 bits per heavy atom. The van der Waals surface area contributed by atoms with Crippen molar-refractivity contribution in [1.82, 2.24) is 0 Å². The average Bonchev–Trinajstić information content (AvgIpc) is 2.58. The minimum absolute atomic E-state index is 0.0168. The predicted molar refractivity (Wildman–Crippen MR) is 72.6 cm³/mol. The summed E-state index contributed by atoms with van der Waals surface area (Å²) in [6.07, 6.45) is 0. The second-order valence-electron chi connectivity index (χ2n) is 4.46. The van der Waals surface area contributed by atoms with Gasteiger partial charge in [0.25, 0.3) is 5.78 Å². The molecule has 1 aromatic rings. The molecule has 0 radical (unpaired) electrons. The summed E-state index contributed by atoms with van der Waals surface area (Å²) in [5.74, 6) is -2.25. The second-order valence-corrected chi connectivity index (χ2v) is 6.31. The summed E-state index contributed by atoms with van der Waals surface area (Å²) in [5, 5.41) is 0. The SMILES string of the molecule is CCOC(=O)C(=O)C1=C(C)c2c(C)cccc2S1(=O)=O. The van der Waals surface area contributed by atoms with Crippen LogP contribution in [0.1, 0.15) is 25.0 Å². The van der Waals surface area contributed by atoms with E-state index in [0.717, 1.165) is 5.56 Å². The Hall–Kier alpha value is -1.95. The van der Waals surface area contributed by atoms with Crippen LogP contribution in [0.3, 0.4) is 0 Å². The maximum absolute atomic E-state index is 12.4. The van der Waals surface area contributed by atoms with Crippen LogP contribution in [0.5, 0.6) is 0 Å². The van der Waals surface area contributed by atoms with Gasteiger partial charge in [-0.2, -0.15) is 0 Å². The van der Waals surface area contributed by atoms with Gasteiger partial charge in [0.2, 0.25) is 9.84 Å². The highest BCUT2D eigenvalue weighted by atomic mass is 32.2. The molecule has 0 aliphatic carbocycles. The minimum Gasteiger partial charge on any atom is -0.460 e. The number of esters is 1. The lowest BCUT2D eigenvalue weighted by Gasteiger charge is -2.03. The number of carbonyl (C=O) groups excluding carboxylic acids is 2. The zero-order chi connectivity index (χ0) is 15.1. The summed E-state index contributed by atoms with van der Waals surface area (Å²) in [6, 6.07) is 4.80. The number of hydrogen-bond acceptors (Lipinski definition) is 5. The van der Waals surface area contributed by atoms with E-state index in [0.29, 0.717) is 11.1 Å². The molecule has 1 aliphatic heterocycles. The van der Waals surface area contributed by atoms with Crippen molar-refractivity contribution in [3.05, 3.63) is 34.2 Å². The molecule has 106 valence electrons. The first-order valence-electron chi connectivity index (χ1n) is 6.09. The molecule has 0 saturated heterocycles. The standard InChI is InChI=1S/C14H14O5S/c1-4-19-14(16)12(15)13-9(3)11-8(2)6-5-7-10(11)20(13,17)18/h5-7H,4H2,1-3H3. The minimum atomic E-state index is -3.95. The molecule has 0 N–H and O–H groups in total. The molecule has 20 heavy (non-hydrogen) atoms. The van der Waals surface area contributed by atoms with Gasteiger partial charge < -0.3 is 4.74 Å². The fourth-order valence-electron chi connectivity index (χ4n) is 2.35. The van der Waals surface area contributed by atoms with Crippen molar-refractivity contribution in [2.75, 3.05) is 6.61 Å². The van der Waals surface area contributed by atoms with E-state index in [1.165, 1.54) is 13.0 Å². The van der Waals surface area contributed by atoms with Gasteiger partial charge in [0, 0.05) is 5.56 Å². The molecule has 0 unspecified atom stereocenters. The van der Waals surface area contributed by atoms with Crippen LogP contribution in [0.2, 0.25) is 0 Å². The number of hydrogen-bond donors (Lipinski definition) is 0. The summed E-state index contributed by atoms with van der Waals surface area (Å²) in [7, 11) is -3.95. The zero-order valence-corrected chi connectivity index (χ0v) is 12.2. The van der Waals surface area contributed by atoms with Crippen molar-refractivity contribution >= 4 is 27.2 Å². The fourth-order valence-corrected chi connectivity index (χ4v) is 4.25. The summed E-state index contributed by atoms with van der Waals surface area (Å²) in [5.41, 5.74) is 1.55. The maximum Gasteiger partial charge on any atom is 0.380 e. The molecule has 0 fully saturated rings. The number of rotatable bonds is 3. The number of fused-ring (bicyclic) bond motifs is 1. The Kier molecular flexibility index (Phi) is 3.52. The van der Waals surface area contributed by atoms with Gasteiger partial charge in [-0.1, -0.05) is 12.1 Å². The van der Waals surface area contributed by atoms with Crippen molar-refractivity contribution in [2.45, 2.75) is 25.7 Å². The van der Waals surface area contributed by atoms with Crippen LogP contribution in [0.4, 0.5) is 0 Å². The third-order valence-corrected chi connectivity index (χ3v) is 5.12. The molecule has 2 rings (SSSR count). The van der Waals surface area contributed by atoms with Crippen molar-refractivity contribution in [1.29, 1.82) is 0 Å². The van der Waals surface area contributed by atoms with Gasteiger partial charge in [-0.25, -0.2) is 13.2 Å². The first-order valence-corrected chi connectivity index (χ1v) is 7.58. The molecule has 0 saturated carbocycles. The summed E-state index contributed by atoms with van der Waals surface area (Å²) in [4.78, 5) is 23.2. The van der Waals surface area contributed by atoms with E-state index in [1.807, 2.05) is 0 Å². The van der Waals surface area contributed by atoms with Crippen LogP contribution in [-0.4, -0.2) is 26.8 Å². The molecule has 5 nitrogen and oxygen atoms in total. The van der Waals surface area contributed by atoms with Crippen LogP contribution in [0.15, 0.2) is 28.0 Å². The summed E-state index contributed by atoms with van der Waals surface area (Å²) < 4.78 is 29.4. The molecule has 0 amide bonds. The van der Waals surface area contributed by atoms with Gasteiger partial charge >= 0.3 is 5.97 Å². The molecular formula is C14H14O5S. The Balaban J connectivity index is 2.65. The molecule has 1 aromatic carbocycles. The monoisotopic (exact) mass is 294 g/mol. The number of sulfone groups is 1. The number of carbonyl (C=O) groups is 2. The quantitative estimate of drug-likeness (QED) is 0.625. The van der Waals surface area contributed by atoms with E-state index in [4.69, 9.17) is 0 Å². The van der Waals surface area contributed by atoms with Crippen molar-refractivity contribution in [3.63, 3.8) is 0 Å². The molecule has 1 heterocycles. The predicted octanol–water partition coefficient (Wildman–Crippen LogP) is 1.65. The molecule has 6 heteroatoms. The maximum atomic E-state index is 12.4. The van der Waals surface area contributed by atoms with Crippen LogP contribution < -0.4 is 0 Å². The lowest BCUT2D eigenvalue weighted by molar-refractivity contribution is -0.151. The first kappa shape index (κ1) is 14.5. The second kappa shape index (κ2) is 4.86. The van der Waals surface area contributed by atoms with Gasteiger partial charge in [-0.3, -0.25) is 4.79 Å². The lowest BCUT2D eigenvalue weighted by atomic mass is 10.0. The highest BCUT2D eigenvalue weighted by Gasteiger charge is 2.41. The third-order valence-electron chi connectivity index (χ3n) is 3.18. The normalized spacial score (nSPS) is 15.9. The van der Waals surface area contributed by atoms with Crippen LogP contribution in [0.25, 0.3) is 5.57 Å². The van der Waals surface area contributed by atoms with Crippen LogP contribution in [-0.2, 0) is 24.2 Å². The number of benzene rings is 1. The summed E-state index contributed by atoms with van der Waals surface area (Å²) >= 11 is 0. The number of ketones is 1. The van der Waals surface area contributed by atoms with Gasteiger partial charge in [-0.05, 0) is 38.0 Å². The molecule has 1 aliphatic rings. The van der Waals surface area contributed by atoms with Crippen molar-refractivity contribution in [2.24, 2.45) is 0 Å². The van der Waals surface area contributed by atoms with E-state index in [-0.39, 0.29) is 11.5 Å². The van der Waals surface area contributed by atoms with Gasteiger partial charge in [0.05, 0.1) is 11.5 Å². The fraction of sp³-hybridized carbons (Fsp3) is 0.286. The Bertz CT molecular complexity index is 741. The largest absolute Gasteiger partial charge is 0.460 e. The Morgan fingerprint density at radius 1 is 1.20 bits per heavy atom. The topological polar surface area (TPSA) is 77.5 Å². The van der Waals surface area contributed by atoms with Gasteiger partial charge in [0.15, 0.2) is 0 Å². The highest BCUT2D eigenvalue weighted by Crippen LogP contribution is 2.40. The molecular weight excluding hydrogens is 280 g/mol. The number of Topliss-reactive ketones (excluding diaryl/α,β-unsaturated/α-hetero) is 1. The Labute approximate surface area is 117 Å². The molecule has 0 bridgehead atoms. The third kappa shape index (κ3) is 1.96. The number of ether oxygens (including phenoxy) is 1. The zero-order valence-electron chi connectivity index (χ0n) is 11.4. The van der Waals surface area contributed by atoms with Gasteiger partial charge in [0.1, 0.15) is 4.91 Å². The van der Waals surface area contributed by atoms with E-state index in [2.05, 4.69) is 4.74 Å². The molecule has 0 spiro atoms. The smallest absolute Gasteiger partial charge is 0.380 e. The van der Waals surface area contributed by atoms with Crippen LogP contribution in [0, 0.1) is 6.92 Å². The van der Waals surface area contributed by atoms with E-state index in [1.54, 1.807) is 26.0 Å². The summed E-state index contributed by atoms with van der Waals surface area (Å²) in [6.45, 7) is 4.86. The highest BCUT2D eigenvalue weighted by molar-refractivity contribution is 7.97. The van der Waals surface area contributed by atoms with E-state index in [9.17, 15) is 18.0 Å². The van der Waals surface area contributed by atoms with Gasteiger partial charge in [-0.15, -0.1) is 0 Å². The first-order chi connectivity index (χ1) is 9.32. The molecule has 0 aromatic heterocycles.